The lowest BCUT2D eigenvalue weighted by Gasteiger charge is -2.05. The van der Waals surface area contributed by atoms with E-state index in [0.29, 0.717) is 12.3 Å². The summed E-state index contributed by atoms with van der Waals surface area (Å²) in [5.41, 5.74) is 3.17. The van der Waals surface area contributed by atoms with E-state index in [1.54, 1.807) is 18.9 Å². The Morgan fingerprint density at radius 1 is 1.04 bits per heavy atom. The van der Waals surface area contributed by atoms with Crippen molar-refractivity contribution < 1.29 is 4.74 Å². The predicted molar refractivity (Wildman–Crippen MR) is 103 cm³/mol. The van der Waals surface area contributed by atoms with Crippen molar-refractivity contribution in [3.05, 3.63) is 82.9 Å². The molecule has 26 heavy (non-hydrogen) atoms. The van der Waals surface area contributed by atoms with Gasteiger partial charge in [0.2, 0.25) is 0 Å². The lowest BCUT2D eigenvalue weighted by atomic mass is 10.1. The molecule has 0 saturated heterocycles. The molecule has 0 unspecified atom stereocenters. The van der Waals surface area contributed by atoms with Crippen LogP contribution in [0.15, 0.2) is 81.4 Å². The van der Waals surface area contributed by atoms with E-state index in [4.69, 9.17) is 4.74 Å². The van der Waals surface area contributed by atoms with Gasteiger partial charge in [-0.2, -0.15) is 0 Å². The molecule has 0 aliphatic carbocycles. The van der Waals surface area contributed by atoms with E-state index in [1.807, 2.05) is 30.3 Å². The lowest BCUT2D eigenvalue weighted by molar-refractivity contribution is 0.181. The zero-order valence-electron chi connectivity index (χ0n) is 14.2. The van der Waals surface area contributed by atoms with Gasteiger partial charge in [-0.1, -0.05) is 42.1 Å². The maximum atomic E-state index is 12.1. The molecular weight excluding hydrogens is 346 g/mol. The average Bonchev–Trinajstić information content (AvgIpc) is 3.03. The van der Waals surface area contributed by atoms with Crippen LogP contribution >= 0.6 is 11.8 Å². The summed E-state index contributed by atoms with van der Waals surface area (Å²) in [6.07, 6.45) is 1.53. The summed E-state index contributed by atoms with van der Waals surface area (Å²) in [5.74, 6) is 0. The molecular formula is C20H17N3O2S. The normalized spacial score (nSPS) is 11.1. The summed E-state index contributed by atoms with van der Waals surface area (Å²) in [5, 5.41) is 3.10. The average molecular weight is 363 g/mol. The molecule has 0 bridgehead atoms. The van der Waals surface area contributed by atoms with Crippen LogP contribution in [0.25, 0.3) is 16.8 Å². The van der Waals surface area contributed by atoms with Crippen LogP contribution in [0.4, 0.5) is 0 Å². The van der Waals surface area contributed by atoms with Gasteiger partial charge >= 0.3 is 0 Å². The van der Waals surface area contributed by atoms with E-state index < -0.39 is 0 Å². The third-order valence-corrected chi connectivity index (χ3v) is 5.04. The highest BCUT2D eigenvalue weighted by Gasteiger charge is 2.15. The monoisotopic (exact) mass is 363 g/mol. The summed E-state index contributed by atoms with van der Waals surface area (Å²) in [6, 6.07) is 19.9. The summed E-state index contributed by atoms with van der Waals surface area (Å²) in [4.78, 5) is 18.8. The van der Waals surface area contributed by atoms with E-state index in [-0.39, 0.29) is 5.56 Å². The van der Waals surface area contributed by atoms with Gasteiger partial charge in [0.05, 0.1) is 12.3 Å². The van der Waals surface area contributed by atoms with Crippen LogP contribution in [0.1, 0.15) is 5.69 Å². The lowest BCUT2D eigenvalue weighted by Crippen LogP contribution is -2.12. The van der Waals surface area contributed by atoms with Crippen LogP contribution in [0.5, 0.6) is 0 Å². The van der Waals surface area contributed by atoms with E-state index in [1.165, 1.54) is 21.7 Å². The standard InChI is InChI=1S/C20H17N3O2S/c1-25-13-17-19(20-21-12-11-18(24)23(20)22-17)14-7-9-16(10-8-14)26-15-5-3-2-4-6-15/h2-12,22H,13H2,1H3. The fourth-order valence-corrected chi connectivity index (χ4v) is 3.72. The molecule has 0 fully saturated rings. The molecule has 0 radical (unpaired) electrons. The minimum atomic E-state index is -0.144. The van der Waals surface area contributed by atoms with Crippen LogP contribution in [0.2, 0.25) is 0 Å². The highest BCUT2D eigenvalue weighted by atomic mass is 32.2. The van der Waals surface area contributed by atoms with Gasteiger partial charge in [0, 0.05) is 34.7 Å². The summed E-state index contributed by atoms with van der Waals surface area (Å²) < 4.78 is 6.74. The van der Waals surface area contributed by atoms with Crippen molar-refractivity contribution in [2.45, 2.75) is 16.4 Å². The molecule has 1 N–H and O–H groups in total. The minimum absolute atomic E-state index is 0.144. The Kier molecular flexibility index (Phi) is 4.60. The van der Waals surface area contributed by atoms with Crippen LogP contribution in [0.3, 0.4) is 0 Å². The maximum Gasteiger partial charge on any atom is 0.272 e. The Labute approximate surface area is 154 Å². The van der Waals surface area contributed by atoms with Gasteiger partial charge in [0.15, 0.2) is 5.65 Å². The first-order chi connectivity index (χ1) is 12.8. The zero-order chi connectivity index (χ0) is 17.9. The third-order valence-electron chi connectivity index (χ3n) is 4.03. The number of aromatic amines is 1. The second-order valence-electron chi connectivity index (χ2n) is 5.78. The molecule has 4 aromatic rings. The highest BCUT2D eigenvalue weighted by molar-refractivity contribution is 7.99. The van der Waals surface area contributed by atoms with E-state index in [2.05, 4.69) is 34.3 Å². The van der Waals surface area contributed by atoms with Crippen molar-refractivity contribution in [2.24, 2.45) is 0 Å². The fraction of sp³-hybridized carbons (Fsp3) is 0.100. The van der Waals surface area contributed by atoms with Gasteiger partial charge in [-0.3, -0.25) is 9.89 Å². The second kappa shape index (κ2) is 7.19. The van der Waals surface area contributed by atoms with E-state index in [9.17, 15) is 4.79 Å². The summed E-state index contributed by atoms with van der Waals surface area (Å²) >= 11 is 1.71. The number of rotatable bonds is 5. The first-order valence-corrected chi connectivity index (χ1v) is 8.99. The number of nitrogens with one attached hydrogen (secondary N) is 1. The molecule has 0 saturated carbocycles. The number of methoxy groups -OCH3 is 1. The number of nitrogens with zero attached hydrogens (tertiary/aromatic N) is 2. The Balaban J connectivity index is 1.74. The molecule has 0 amide bonds. The molecule has 0 aliphatic heterocycles. The third kappa shape index (κ3) is 3.16. The van der Waals surface area contributed by atoms with Gasteiger partial charge < -0.3 is 4.74 Å². The zero-order valence-corrected chi connectivity index (χ0v) is 15.0. The smallest absolute Gasteiger partial charge is 0.272 e. The molecule has 2 heterocycles. The SMILES string of the molecule is COCc1[nH]n2c(=O)ccnc2c1-c1ccc(Sc2ccccc2)cc1. The van der Waals surface area contributed by atoms with Gasteiger partial charge in [0.25, 0.3) is 5.56 Å². The van der Waals surface area contributed by atoms with Crippen molar-refractivity contribution in [3.8, 4) is 11.1 Å². The van der Waals surface area contributed by atoms with Crippen molar-refractivity contribution >= 4 is 17.4 Å². The Morgan fingerprint density at radius 3 is 2.50 bits per heavy atom. The molecule has 2 aromatic heterocycles. The topological polar surface area (TPSA) is 59.4 Å². The maximum absolute atomic E-state index is 12.1. The first kappa shape index (κ1) is 16.6. The number of H-pyrrole nitrogens is 1. The van der Waals surface area contributed by atoms with Gasteiger partial charge in [-0.15, -0.1) is 0 Å². The van der Waals surface area contributed by atoms with E-state index >= 15 is 0 Å². The van der Waals surface area contributed by atoms with Gasteiger partial charge in [-0.05, 0) is 29.8 Å². The van der Waals surface area contributed by atoms with Crippen LogP contribution < -0.4 is 5.56 Å². The van der Waals surface area contributed by atoms with Crippen LogP contribution in [0, 0.1) is 0 Å². The predicted octanol–water partition coefficient (Wildman–Crippen LogP) is 3.99. The summed E-state index contributed by atoms with van der Waals surface area (Å²) in [6.45, 7) is 0.374. The molecule has 5 nitrogen and oxygen atoms in total. The van der Waals surface area contributed by atoms with Crippen molar-refractivity contribution in [2.75, 3.05) is 7.11 Å². The van der Waals surface area contributed by atoms with Gasteiger partial charge in [-0.25, -0.2) is 9.50 Å². The molecule has 4 rings (SSSR count). The second-order valence-corrected chi connectivity index (χ2v) is 6.93. The number of hydrogen-bond donors (Lipinski definition) is 1. The quantitative estimate of drug-likeness (QED) is 0.582. The Hall–Kier alpha value is -2.83. The summed E-state index contributed by atoms with van der Waals surface area (Å²) in [7, 11) is 1.63. The fourth-order valence-electron chi connectivity index (χ4n) is 2.88. The molecule has 2 aromatic carbocycles. The molecule has 0 aliphatic rings. The largest absolute Gasteiger partial charge is 0.378 e. The van der Waals surface area contributed by atoms with Crippen molar-refractivity contribution in [3.63, 3.8) is 0 Å². The van der Waals surface area contributed by atoms with Crippen molar-refractivity contribution in [1.82, 2.24) is 14.6 Å². The minimum Gasteiger partial charge on any atom is -0.378 e. The highest BCUT2D eigenvalue weighted by Crippen LogP contribution is 2.32. The number of benzene rings is 2. The van der Waals surface area contributed by atoms with Crippen LogP contribution in [-0.2, 0) is 11.3 Å². The Morgan fingerprint density at radius 2 is 1.77 bits per heavy atom. The number of fused-ring (bicyclic) bond motifs is 1. The molecule has 130 valence electrons. The number of hydrogen-bond acceptors (Lipinski definition) is 4. The number of aromatic nitrogens is 3. The molecule has 0 spiro atoms. The van der Waals surface area contributed by atoms with E-state index in [0.717, 1.165) is 21.7 Å². The number of ether oxygens (including phenoxy) is 1. The molecule has 6 heteroatoms. The van der Waals surface area contributed by atoms with Crippen LogP contribution in [-0.4, -0.2) is 21.7 Å². The van der Waals surface area contributed by atoms with Crippen molar-refractivity contribution in [1.29, 1.82) is 0 Å². The molecule has 0 atom stereocenters. The Bertz CT molecular complexity index is 1090. The van der Waals surface area contributed by atoms with Gasteiger partial charge in [0.1, 0.15) is 0 Å². The first-order valence-electron chi connectivity index (χ1n) is 8.17.